The molecule has 2 fully saturated rings. The molecule has 2 rings (SSSR count). The van der Waals surface area contributed by atoms with E-state index in [4.69, 9.17) is 4.74 Å². The van der Waals surface area contributed by atoms with Gasteiger partial charge in [-0.1, -0.05) is 6.92 Å². The number of likely N-dealkylation sites (tertiary alicyclic amines) is 1. The van der Waals surface area contributed by atoms with Gasteiger partial charge in [0.2, 0.25) is 0 Å². The van der Waals surface area contributed by atoms with Crippen molar-refractivity contribution in [3.8, 4) is 0 Å². The van der Waals surface area contributed by atoms with Gasteiger partial charge in [0.05, 0.1) is 13.2 Å². The van der Waals surface area contributed by atoms with Gasteiger partial charge in [0.25, 0.3) is 0 Å². The Hall–Kier alpha value is -0.650. The van der Waals surface area contributed by atoms with E-state index in [1.165, 1.54) is 0 Å². The number of nitrogens with zero attached hydrogens (tertiary/aromatic N) is 2. The summed E-state index contributed by atoms with van der Waals surface area (Å²) in [5, 5.41) is 9.78. The fraction of sp³-hybridized carbons (Fsp3) is 0.929. The van der Waals surface area contributed by atoms with Gasteiger partial charge in [-0.3, -0.25) is 9.69 Å². The first kappa shape index (κ1) is 14.8. The molecule has 0 amide bonds. The highest BCUT2D eigenvalue weighted by Gasteiger charge is 2.45. The van der Waals surface area contributed by atoms with Gasteiger partial charge >= 0.3 is 5.97 Å². The molecular formula is C14H26N2O3. The Morgan fingerprint density at radius 3 is 2.58 bits per heavy atom. The number of carboxylic acids is 1. The summed E-state index contributed by atoms with van der Waals surface area (Å²) >= 11 is 0. The van der Waals surface area contributed by atoms with Crippen LogP contribution in [0.1, 0.15) is 32.6 Å². The molecule has 1 N–H and O–H groups in total. The van der Waals surface area contributed by atoms with Crippen molar-refractivity contribution in [3.63, 3.8) is 0 Å². The molecule has 5 heteroatoms. The molecular weight excluding hydrogens is 244 g/mol. The molecule has 110 valence electrons. The lowest BCUT2D eigenvalue weighted by atomic mass is 9.88. The maximum Gasteiger partial charge on any atom is 0.324 e. The Balaban J connectivity index is 2.08. The largest absolute Gasteiger partial charge is 0.480 e. The van der Waals surface area contributed by atoms with E-state index in [-0.39, 0.29) is 0 Å². The quantitative estimate of drug-likeness (QED) is 0.827. The number of aliphatic carboxylic acids is 1. The molecule has 0 spiro atoms. The van der Waals surface area contributed by atoms with Crippen molar-refractivity contribution in [2.45, 2.75) is 38.1 Å². The smallest absolute Gasteiger partial charge is 0.324 e. The van der Waals surface area contributed by atoms with Gasteiger partial charge in [0.15, 0.2) is 0 Å². The highest BCUT2D eigenvalue weighted by Crippen LogP contribution is 2.30. The molecule has 2 heterocycles. The van der Waals surface area contributed by atoms with Crippen molar-refractivity contribution >= 4 is 5.97 Å². The lowest BCUT2D eigenvalue weighted by Crippen LogP contribution is -2.58. The van der Waals surface area contributed by atoms with Crippen LogP contribution in [-0.2, 0) is 9.53 Å². The molecule has 0 saturated carbocycles. The third-order valence-electron chi connectivity index (χ3n) is 4.46. The molecule has 0 bridgehead atoms. The van der Waals surface area contributed by atoms with Gasteiger partial charge < -0.3 is 14.7 Å². The number of morpholine rings is 1. The molecule has 2 aliphatic heterocycles. The minimum absolute atomic E-state index is 0.646. The average molecular weight is 270 g/mol. The van der Waals surface area contributed by atoms with Crippen molar-refractivity contribution < 1.29 is 14.6 Å². The molecule has 0 aromatic rings. The highest BCUT2D eigenvalue weighted by molar-refractivity contribution is 5.79. The summed E-state index contributed by atoms with van der Waals surface area (Å²) in [5.74, 6) is -0.646. The number of ether oxygens (including phenoxy) is 1. The summed E-state index contributed by atoms with van der Waals surface area (Å²) in [6.07, 6.45) is 3.62. The number of hydrogen-bond acceptors (Lipinski definition) is 4. The third kappa shape index (κ3) is 3.27. The van der Waals surface area contributed by atoms with Crippen LogP contribution in [0, 0.1) is 0 Å². The fourth-order valence-electron chi connectivity index (χ4n) is 3.37. The van der Waals surface area contributed by atoms with Crippen LogP contribution in [0.4, 0.5) is 0 Å². The van der Waals surface area contributed by atoms with E-state index in [9.17, 15) is 9.90 Å². The Bertz CT molecular complexity index is 305. The highest BCUT2D eigenvalue weighted by atomic mass is 16.5. The standard InChI is InChI=1S/C14H26N2O3/c1-2-6-15-7-3-4-14(5-8-15,13(17)18)16-9-11-19-12-10-16/h2-12H2,1H3,(H,17,18). The van der Waals surface area contributed by atoms with Crippen LogP contribution >= 0.6 is 0 Å². The molecule has 5 nitrogen and oxygen atoms in total. The molecule has 2 aliphatic rings. The first-order valence-corrected chi connectivity index (χ1v) is 7.47. The molecule has 2 saturated heterocycles. The predicted octanol–water partition coefficient (Wildman–Crippen LogP) is 1.04. The van der Waals surface area contributed by atoms with E-state index >= 15 is 0 Å². The van der Waals surface area contributed by atoms with Gasteiger partial charge in [0.1, 0.15) is 5.54 Å². The molecule has 19 heavy (non-hydrogen) atoms. The normalized spacial score (nSPS) is 31.0. The number of carboxylic acid groups (broad SMARTS) is 1. The molecule has 0 aromatic heterocycles. The Kier molecular flexibility index (Phi) is 5.19. The second kappa shape index (κ2) is 6.68. The summed E-state index contributed by atoms with van der Waals surface area (Å²) in [6.45, 7) is 8.02. The van der Waals surface area contributed by atoms with E-state index in [0.29, 0.717) is 13.2 Å². The maximum absolute atomic E-state index is 11.9. The second-order valence-electron chi connectivity index (χ2n) is 5.63. The summed E-state index contributed by atoms with van der Waals surface area (Å²) in [5.41, 5.74) is -0.660. The van der Waals surface area contributed by atoms with Crippen LogP contribution in [0.25, 0.3) is 0 Å². The van der Waals surface area contributed by atoms with E-state index in [0.717, 1.165) is 58.4 Å². The maximum atomic E-state index is 11.9. The third-order valence-corrected chi connectivity index (χ3v) is 4.46. The Labute approximate surface area is 115 Å². The number of carbonyl (C=O) groups is 1. The first-order valence-electron chi connectivity index (χ1n) is 7.47. The van der Waals surface area contributed by atoms with Crippen LogP contribution in [0.5, 0.6) is 0 Å². The van der Waals surface area contributed by atoms with E-state index in [2.05, 4.69) is 16.7 Å². The molecule has 0 aromatic carbocycles. The first-order chi connectivity index (χ1) is 9.19. The minimum Gasteiger partial charge on any atom is -0.480 e. The molecule has 0 radical (unpaired) electrons. The fourth-order valence-corrected chi connectivity index (χ4v) is 3.37. The van der Waals surface area contributed by atoms with Crippen molar-refractivity contribution in [1.29, 1.82) is 0 Å². The zero-order valence-electron chi connectivity index (χ0n) is 11.9. The summed E-state index contributed by atoms with van der Waals surface area (Å²) in [7, 11) is 0. The summed E-state index contributed by atoms with van der Waals surface area (Å²) in [4.78, 5) is 16.4. The number of hydrogen-bond donors (Lipinski definition) is 1. The number of rotatable bonds is 4. The van der Waals surface area contributed by atoms with Crippen molar-refractivity contribution in [2.75, 3.05) is 45.9 Å². The lowest BCUT2D eigenvalue weighted by molar-refractivity contribution is -0.156. The van der Waals surface area contributed by atoms with Crippen LogP contribution in [0.15, 0.2) is 0 Å². The van der Waals surface area contributed by atoms with E-state index in [1.54, 1.807) is 0 Å². The van der Waals surface area contributed by atoms with Gasteiger partial charge in [-0.25, -0.2) is 0 Å². The topological polar surface area (TPSA) is 53.0 Å². The van der Waals surface area contributed by atoms with Crippen molar-refractivity contribution in [2.24, 2.45) is 0 Å². The SMILES string of the molecule is CCCN1CCCC(C(=O)O)(N2CCOCC2)CC1. The van der Waals surface area contributed by atoms with Gasteiger partial charge in [-0.2, -0.15) is 0 Å². The molecule has 1 unspecified atom stereocenters. The van der Waals surface area contributed by atoms with Gasteiger partial charge in [-0.15, -0.1) is 0 Å². The zero-order valence-corrected chi connectivity index (χ0v) is 11.9. The average Bonchev–Trinajstić information content (AvgIpc) is 2.64. The van der Waals surface area contributed by atoms with Crippen LogP contribution in [-0.4, -0.2) is 72.4 Å². The lowest BCUT2D eigenvalue weighted by Gasteiger charge is -2.42. The van der Waals surface area contributed by atoms with Crippen molar-refractivity contribution in [1.82, 2.24) is 9.80 Å². The minimum atomic E-state index is -0.660. The van der Waals surface area contributed by atoms with Crippen LogP contribution in [0.2, 0.25) is 0 Å². The monoisotopic (exact) mass is 270 g/mol. The Morgan fingerprint density at radius 2 is 1.95 bits per heavy atom. The zero-order chi connectivity index (χ0) is 13.7. The van der Waals surface area contributed by atoms with Gasteiger partial charge in [0, 0.05) is 19.6 Å². The van der Waals surface area contributed by atoms with Crippen LogP contribution < -0.4 is 0 Å². The Morgan fingerprint density at radius 1 is 1.21 bits per heavy atom. The van der Waals surface area contributed by atoms with Gasteiger partial charge in [-0.05, 0) is 38.8 Å². The molecule has 1 atom stereocenters. The predicted molar refractivity (Wildman–Crippen MR) is 73.3 cm³/mol. The second-order valence-corrected chi connectivity index (χ2v) is 5.63. The van der Waals surface area contributed by atoms with Crippen molar-refractivity contribution in [3.05, 3.63) is 0 Å². The van der Waals surface area contributed by atoms with Crippen LogP contribution in [0.3, 0.4) is 0 Å². The van der Waals surface area contributed by atoms with E-state index in [1.807, 2.05) is 0 Å². The summed E-state index contributed by atoms with van der Waals surface area (Å²) < 4.78 is 5.36. The summed E-state index contributed by atoms with van der Waals surface area (Å²) in [6, 6.07) is 0. The molecule has 0 aliphatic carbocycles. The van der Waals surface area contributed by atoms with E-state index < -0.39 is 11.5 Å².